The van der Waals surface area contributed by atoms with Crippen molar-refractivity contribution in [3.8, 4) is 11.5 Å². The van der Waals surface area contributed by atoms with E-state index in [1.54, 1.807) is 0 Å². The molecule has 1 N–H and O–H groups in total. The van der Waals surface area contributed by atoms with Crippen molar-refractivity contribution < 1.29 is 28.9 Å². The second-order valence-corrected chi connectivity index (χ2v) is 9.33. The van der Waals surface area contributed by atoms with Crippen molar-refractivity contribution in [1.29, 1.82) is 0 Å². The quantitative estimate of drug-likeness (QED) is 0.284. The van der Waals surface area contributed by atoms with Crippen LogP contribution in [0.15, 0.2) is 42.0 Å². The van der Waals surface area contributed by atoms with Gasteiger partial charge < -0.3 is 24.2 Å². The third-order valence-corrected chi connectivity index (χ3v) is 6.27. The average Bonchev–Trinajstić information content (AvgIpc) is 3.08. The molecule has 0 aromatic heterocycles. The van der Waals surface area contributed by atoms with Crippen LogP contribution >= 0.6 is 11.6 Å². The third kappa shape index (κ3) is 5.46. The van der Waals surface area contributed by atoms with Gasteiger partial charge in [0.25, 0.3) is 11.7 Å². The van der Waals surface area contributed by atoms with Crippen molar-refractivity contribution in [2.75, 3.05) is 27.4 Å². The Kier molecular flexibility index (Phi) is 8.46. The van der Waals surface area contributed by atoms with E-state index in [4.69, 9.17) is 25.8 Å². The molecule has 2 aromatic carbocycles. The summed E-state index contributed by atoms with van der Waals surface area (Å²) in [5.41, 5.74) is 2.01. The summed E-state index contributed by atoms with van der Waals surface area (Å²) in [4.78, 5) is 27.8. The lowest BCUT2D eigenvalue weighted by Gasteiger charge is -2.26. The molecule has 8 heteroatoms. The number of benzene rings is 2. The molecule has 1 saturated heterocycles. The van der Waals surface area contributed by atoms with E-state index in [1.165, 1.54) is 31.3 Å². The lowest BCUT2D eigenvalue weighted by molar-refractivity contribution is -0.140. The van der Waals surface area contributed by atoms with E-state index in [-0.39, 0.29) is 46.9 Å². The van der Waals surface area contributed by atoms with Gasteiger partial charge >= 0.3 is 0 Å². The Hall–Kier alpha value is -3.03. The van der Waals surface area contributed by atoms with Crippen LogP contribution in [-0.2, 0) is 14.3 Å². The van der Waals surface area contributed by atoms with Gasteiger partial charge in [-0.25, -0.2) is 0 Å². The summed E-state index contributed by atoms with van der Waals surface area (Å²) in [5.74, 6) is -0.971. The van der Waals surface area contributed by atoms with Crippen molar-refractivity contribution in [3.05, 3.63) is 63.7 Å². The summed E-state index contributed by atoms with van der Waals surface area (Å²) in [6.07, 6.45) is -0.0265. The normalized spacial score (nSPS) is 17.5. The number of rotatable bonds is 9. The van der Waals surface area contributed by atoms with Gasteiger partial charge in [0, 0.05) is 12.6 Å². The maximum absolute atomic E-state index is 13.3. The average molecular weight is 502 g/mol. The van der Waals surface area contributed by atoms with Crippen LogP contribution in [0.3, 0.4) is 0 Å². The molecule has 0 saturated carbocycles. The zero-order chi connectivity index (χ0) is 25.9. The van der Waals surface area contributed by atoms with Gasteiger partial charge in [0.2, 0.25) is 0 Å². The number of aliphatic hydroxyl groups is 1. The summed E-state index contributed by atoms with van der Waals surface area (Å²) in [7, 11) is 2.88. The predicted octanol–water partition coefficient (Wildman–Crippen LogP) is 5.33. The second-order valence-electron chi connectivity index (χ2n) is 8.92. The standard InChI is InChI=1S/C27H32ClNO6/c1-15(2)17-7-9-18(10-8-17)24-23(26(31)27(32)29(24)11-12-35-16(3)4)25(30)19-13-22(34-6)20(28)14-21(19)33-5/h7-10,13-16,24,30H,11-12H2,1-6H3/b25-23+. The number of carbonyl (C=O) groups is 2. The molecule has 1 heterocycles. The van der Waals surface area contributed by atoms with Gasteiger partial charge in [0.15, 0.2) is 0 Å². The molecule has 1 amide bonds. The Morgan fingerprint density at radius 3 is 2.20 bits per heavy atom. The maximum Gasteiger partial charge on any atom is 0.295 e. The Morgan fingerprint density at radius 1 is 1.03 bits per heavy atom. The number of nitrogens with zero attached hydrogens (tertiary/aromatic N) is 1. The number of amides is 1. The number of hydrogen-bond donors (Lipinski definition) is 1. The monoisotopic (exact) mass is 501 g/mol. The van der Waals surface area contributed by atoms with E-state index in [1.807, 2.05) is 38.1 Å². The molecule has 0 aliphatic carbocycles. The third-order valence-electron chi connectivity index (χ3n) is 5.97. The molecular formula is C27H32ClNO6. The highest BCUT2D eigenvalue weighted by Gasteiger charge is 2.46. The van der Waals surface area contributed by atoms with Crippen LogP contribution in [0.5, 0.6) is 11.5 Å². The minimum absolute atomic E-state index is 0.0265. The van der Waals surface area contributed by atoms with Gasteiger partial charge in [-0.05, 0) is 37.0 Å². The summed E-state index contributed by atoms with van der Waals surface area (Å²) in [5, 5.41) is 11.7. The highest BCUT2D eigenvalue weighted by Crippen LogP contribution is 2.43. The molecule has 188 valence electrons. The van der Waals surface area contributed by atoms with E-state index >= 15 is 0 Å². The highest BCUT2D eigenvalue weighted by molar-refractivity contribution is 6.46. The molecule has 1 aliphatic heterocycles. The molecular weight excluding hydrogens is 470 g/mol. The lowest BCUT2D eigenvalue weighted by Crippen LogP contribution is -2.33. The number of ether oxygens (including phenoxy) is 3. The number of carbonyl (C=O) groups excluding carboxylic acids is 2. The highest BCUT2D eigenvalue weighted by atomic mass is 35.5. The molecule has 1 aliphatic rings. The maximum atomic E-state index is 13.3. The summed E-state index contributed by atoms with van der Waals surface area (Å²) in [6.45, 7) is 8.42. The Balaban J connectivity index is 2.19. The summed E-state index contributed by atoms with van der Waals surface area (Å²) >= 11 is 6.22. The van der Waals surface area contributed by atoms with E-state index in [0.29, 0.717) is 17.2 Å². The van der Waals surface area contributed by atoms with E-state index in [2.05, 4.69) is 13.8 Å². The van der Waals surface area contributed by atoms with E-state index < -0.39 is 17.7 Å². The predicted molar refractivity (Wildman–Crippen MR) is 135 cm³/mol. The number of likely N-dealkylation sites (tertiary alicyclic amines) is 1. The Labute approximate surface area is 211 Å². The van der Waals surface area contributed by atoms with Crippen molar-refractivity contribution in [2.24, 2.45) is 0 Å². The first kappa shape index (κ1) is 26.6. The molecule has 7 nitrogen and oxygen atoms in total. The number of hydrogen-bond acceptors (Lipinski definition) is 6. The first-order chi connectivity index (χ1) is 16.6. The fourth-order valence-electron chi connectivity index (χ4n) is 4.10. The van der Waals surface area contributed by atoms with E-state index in [0.717, 1.165) is 5.56 Å². The Morgan fingerprint density at radius 2 is 1.66 bits per heavy atom. The minimum Gasteiger partial charge on any atom is -0.507 e. The van der Waals surface area contributed by atoms with Gasteiger partial charge in [0.1, 0.15) is 17.3 Å². The number of aliphatic hydroxyl groups excluding tert-OH is 1. The van der Waals surface area contributed by atoms with Gasteiger partial charge in [-0.15, -0.1) is 0 Å². The van der Waals surface area contributed by atoms with Crippen LogP contribution < -0.4 is 9.47 Å². The molecule has 2 aromatic rings. The van der Waals surface area contributed by atoms with Crippen molar-refractivity contribution in [2.45, 2.75) is 45.8 Å². The molecule has 1 fully saturated rings. The second kappa shape index (κ2) is 11.1. The summed E-state index contributed by atoms with van der Waals surface area (Å²) < 4.78 is 16.3. The first-order valence-corrected chi connectivity index (χ1v) is 11.9. The molecule has 0 bridgehead atoms. The number of methoxy groups -OCH3 is 2. The van der Waals surface area contributed by atoms with Crippen LogP contribution in [0.1, 0.15) is 56.3 Å². The number of Topliss-reactive ketones (excluding diaryl/α,β-unsaturated/α-hetero) is 1. The van der Waals surface area contributed by atoms with Crippen molar-refractivity contribution in [1.82, 2.24) is 4.90 Å². The van der Waals surface area contributed by atoms with Crippen LogP contribution in [0, 0.1) is 0 Å². The fraction of sp³-hybridized carbons (Fsp3) is 0.407. The minimum atomic E-state index is -0.793. The topological polar surface area (TPSA) is 85.3 Å². The number of halogens is 1. The molecule has 1 atom stereocenters. The molecule has 1 unspecified atom stereocenters. The molecule has 35 heavy (non-hydrogen) atoms. The van der Waals surface area contributed by atoms with Crippen LogP contribution in [0.25, 0.3) is 5.76 Å². The first-order valence-electron chi connectivity index (χ1n) is 11.5. The molecule has 0 radical (unpaired) electrons. The zero-order valence-electron chi connectivity index (χ0n) is 20.9. The smallest absolute Gasteiger partial charge is 0.295 e. The van der Waals surface area contributed by atoms with Crippen LogP contribution in [0.4, 0.5) is 0 Å². The zero-order valence-corrected chi connectivity index (χ0v) is 21.7. The lowest BCUT2D eigenvalue weighted by atomic mass is 9.93. The number of ketones is 1. The van der Waals surface area contributed by atoms with Crippen LogP contribution in [-0.4, -0.2) is 55.2 Å². The van der Waals surface area contributed by atoms with Gasteiger partial charge in [-0.3, -0.25) is 9.59 Å². The van der Waals surface area contributed by atoms with Gasteiger partial charge in [0.05, 0.1) is 49.1 Å². The van der Waals surface area contributed by atoms with Crippen molar-refractivity contribution in [3.63, 3.8) is 0 Å². The van der Waals surface area contributed by atoms with Crippen molar-refractivity contribution >= 4 is 29.1 Å². The fourth-order valence-corrected chi connectivity index (χ4v) is 4.33. The van der Waals surface area contributed by atoms with Gasteiger partial charge in [-0.2, -0.15) is 0 Å². The molecule has 0 spiro atoms. The van der Waals surface area contributed by atoms with E-state index in [9.17, 15) is 14.7 Å². The van der Waals surface area contributed by atoms with Gasteiger partial charge in [-0.1, -0.05) is 49.7 Å². The largest absolute Gasteiger partial charge is 0.507 e. The van der Waals surface area contributed by atoms with Crippen LogP contribution in [0.2, 0.25) is 5.02 Å². The Bertz CT molecular complexity index is 1120. The summed E-state index contributed by atoms with van der Waals surface area (Å²) in [6, 6.07) is 9.90. The molecule has 3 rings (SSSR count). The SMILES string of the molecule is COc1cc(/C(O)=C2\C(=O)C(=O)N(CCOC(C)C)C2c2ccc(C(C)C)cc2)c(OC)cc1Cl.